The highest BCUT2D eigenvalue weighted by Crippen LogP contribution is 2.11. The van der Waals surface area contributed by atoms with E-state index in [9.17, 15) is 0 Å². The quantitative estimate of drug-likeness (QED) is 0.693. The Labute approximate surface area is 83.2 Å². The molecule has 2 nitrogen and oxygen atoms in total. The van der Waals surface area contributed by atoms with Crippen LogP contribution in [0.1, 0.15) is 13.3 Å². The van der Waals surface area contributed by atoms with Crippen molar-refractivity contribution in [1.29, 1.82) is 0 Å². The van der Waals surface area contributed by atoms with Crippen molar-refractivity contribution in [2.75, 3.05) is 6.61 Å². The highest BCUT2D eigenvalue weighted by Gasteiger charge is 1.94. The van der Waals surface area contributed by atoms with E-state index in [1.165, 1.54) is 0 Å². The molecule has 0 saturated carbocycles. The molecule has 1 heterocycles. The largest absolute Gasteiger partial charge is 0.477 e. The van der Waals surface area contributed by atoms with Crippen LogP contribution in [0.4, 0.5) is 0 Å². The van der Waals surface area contributed by atoms with Gasteiger partial charge in [0.05, 0.1) is 11.6 Å². The molecule has 0 spiro atoms. The standard InChI is InChI=1S/C10H12ClNO/c1-8(2)5-6-13-10-4-3-9(11)7-12-10/h3-4,7H,1,5-6H2,2H3. The molecule has 0 fully saturated rings. The zero-order valence-corrected chi connectivity index (χ0v) is 8.34. The lowest BCUT2D eigenvalue weighted by molar-refractivity contribution is 0.309. The third kappa shape index (κ3) is 3.95. The third-order valence-corrected chi connectivity index (χ3v) is 1.70. The summed E-state index contributed by atoms with van der Waals surface area (Å²) in [4.78, 5) is 3.99. The fourth-order valence-corrected chi connectivity index (χ4v) is 0.889. The van der Waals surface area contributed by atoms with Crippen LogP contribution in [0, 0.1) is 0 Å². The van der Waals surface area contributed by atoms with Crippen LogP contribution in [0.25, 0.3) is 0 Å². The number of halogens is 1. The number of nitrogens with zero attached hydrogens (tertiary/aromatic N) is 1. The second-order valence-corrected chi connectivity index (χ2v) is 3.31. The molecule has 0 aliphatic heterocycles. The van der Waals surface area contributed by atoms with Crippen molar-refractivity contribution in [2.24, 2.45) is 0 Å². The molecule has 1 aromatic heterocycles. The van der Waals surface area contributed by atoms with Crippen molar-refractivity contribution < 1.29 is 4.74 Å². The zero-order valence-electron chi connectivity index (χ0n) is 7.59. The maximum absolute atomic E-state index is 5.66. The maximum Gasteiger partial charge on any atom is 0.213 e. The predicted octanol–water partition coefficient (Wildman–Crippen LogP) is 3.08. The summed E-state index contributed by atoms with van der Waals surface area (Å²) in [6.07, 6.45) is 2.42. The molecule has 3 heteroatoms. The average molecular weight is 198 g/mol. The topological polar surface area (TPSA) is 22.1 Å². The van der Waals surface area contributed by atoms with Crippen molar-refractivity contribution in [3.8, 4) is 5.88 Å². The van der Waals surface area contributed by atoms with Gasteiger partial charge in [-0.05, 0) is 13.0 Å². The Kier molecular flexibility index (Phi) is 3.77. The van der Waals surface area contributed by atoms with Crippen LogP contribution < -0.4 is 4.74 Å². The Morgan fingerprint density at radius 2 is 2.38 bits per heavy atom. The van der Waals surface area contributed by atoms with Gasteiger partial charge in [0, 0.05) is 18.7 Å². The zero-order chi connectivity index (χ0) is 9.68. The Morgan fingerprint density at radius 3 is 2.92 bits per heavy atom. The highest BCUT2D eigenvalue weighted by molar-refractivity contribution is 6.30. The van der Waals surface area contributed by atoms with Crippen LogP contribution in [0.5, 0.6) is 5.88 Å². The lowest BCUT2D eigenvalue weighted by atomic mass is 10.3. The van der Waals surface area contributed by atoms with Crippen LogP contribution in [0.2, 0.25) is 5.02 Å². The molecule has 0 unspecified atom stereocenters. The SMILES string of the molecule is C=C(C)CCOc1ccc(Cl)cn1. The monoisotopic (exact) mass is 197 g/mol. The van der Waals surface area contributed by atoms with E-state index in [1.54, 1.807) is 18.3 Å². The fraction of sp³-hybridized carbons (Fsp3) is 0.300. The summed E-state index contributed by atoms with van der Waals surface area (Å²) < 4.78 is 5.34. The van der Waals surface area contributed by atoms with Gasteiger partial charge in [-0.3, -0.25) is 0 Å². The van der Waals surface area contributed by atoms with Crippen LogP contribution in [0.15, 0.2) is 30.5 Å². The van der Waals surface area contributed by atoms with Crippen molar-refractivity contribution in [3.63, 3.8) is 0 Å². The maximum atomic E-state index is 5.66. The van der Waals surface area contributed by atoms with Gasteiger partial charge in [-0.1, -0.05) is 17.2 Å². The van der Waals surface area contributed by atoms with Gasteiger partial charge in [0.1, 0.15) is 0 Å². The fourth-order valence-electron chi connectivity index (χ4n) is 0.777. The number of aromatic nitrogens is 1. The number of ether oxygens (including phenoxy) is 1. The lowest BCUT2D eigenvalue weighted by Gasteiger charge is -2.03. The molecular weight excluding hydrogens is 186 g/mol. The van der Waals surface area contributed by atoms with E-state index < -0.39 is 0 Å². The third-order valence-electron chi connectivity index (χ3n) is 1.48. The molecule has 0 saturated heterocycles. The molecule has 1 rings (SSSR count). The van der Waals surface area contributed by atoms with E-state index in [1.807, 2.05) is 6.92 Å². The summed E-state index contributed by atoms with van der Waals surface area (Å²) in [5.74, 6) is 0.602. The summed E-state index contributed by atoms with van der Waals surface area (Å²) in [5, 5.41) is 0.618. The van der Waals surface area contributed by atoms with E-state index in [4.69, 9.17) is 16.3 Å². The van der Waals surface area contributed by atoms with Crippen molar-refractivity contribution in [1.82, 2.24) is 4.98 Å². The number of pyridine rings is 1. The molecular formula is C10H12ClNO. The van der Waals surface area contributed by atoms with Crippen molar-refractivity contribution in [3.05, 3.63) is 35.5 Å². The van der Waals surface area contributed by atoms with Crippen molar-refractivity contribution >= 4 is 11.6 Å². The van der Waals surface area contributed by atoms with Gasteiger partial charge in [0.25, 0.3) is 0 Å². The average Bonchev–Trinajstić information content (AvgIpc) is 2.08. The molecule has 0 aliphatic carbocycles. The summed E-state index contributed by atoms with van der Waals surface area (Å²) in [6.45, 7) is 6.36. The first-order valence-corrected chi connectivity index (χ1v) is 4.45. The number of hydrogen-bond donors (Lipinski definition) is 0. The van der Waals surface area contributed by atoms with E-state index in [2.05, 4.69) is 11.6 Å². The lowest BCUT2D eigenvalue weighted by Crippen LogP contribution is -1.98. The summed E-state index contributed by atoms with van der Waals surface area (Å²) >= 11 is 5.66. The molecule has 13 heavy (non-hydrogen) atoms. The molecule has 0 bridgehead atoms. The van der Waals surface area contributed by atoms with Gasteiger partial charge >= 0.3 is 0 Å². The summed E-state index contributed by atoms with van der Waals surface area (Å²) in [6, 6.07) is 3.51. The van der Waals surface area contributed by atoms with Gasteiger partial charge in [0.15, 0.2) is 0 Å². The van der Waals surface area contributed by atoms with Crippen LogP contribution in [-0.2, 0) is 0 Å². The number of hydrogen-bond acceptors (Lipinski definition) is 2. The molecule has 70 valence electrons. The Hall–Kier alpha value is -1.02. The minimum Gasteiger partial charge on any atom is -0.477 e. The van der Waals surface area contributed by atoms with Crippen molar-refractivity contribution in [2.45, 2.75) is 13.3 Å². The Morgan fingerprint density at radius 1 is 1.62 bits per heavy atom. The molecule has 1 aromatic rings. The minimum atomic E-state index is 0.602. The molecule has 0 aliphatic rings. The van der Waals surface area contributed by atoms with E-state index in [0.717, 1.165) is 12.0 Å². The summed E-state index contributed by atoms with van der Waals surface area (Å²) in [7, 11) is 0. The first kappa shape index (κ1) is 10.1. The van der Waals surface area contributed by atoms with Crippen LogP contribution >= 0.6 is 11.6 Å². The highest BCUT2D eigenvalue weighted by atomic mass is 35.5. The molecule has 0 amide bonds. The minimum absolute atomic E-state index is 0.602. The van der Waals surface area contributed by atoms with Crippen LogP contribution in [0.3, 0.4) is 0 Å². The smallest absolute Gasteiger partial charge is 0.213 e. The first-order valence-electron chi connectivity index (χ1n) is 4.07. The number of rotatable bonds is 4. The summed E-state index contributed by atoms with van der Waals surface area (Å²) in [5.41, 5.74) is 1.11. The van der Waals surface area contributed by atoms with Gasteiger partial charge < -0.3 is 4.74 Å². The van der Waals surface area contributed by atoms with Crippen LogP contribution in [-0.4, -0.2) is 11.6 Å². The van der Waals surface area contributed by atoms with Gasteiger partial charge in [-0.2, -0.15) is 0 Å². The van der Waals surface area contributed by atoms with E-state index >= 15 is 0 Å². The predicted molar refractivity (Wildman–Crippen MR) is 54.2 cm³/mol. The van der Waals surface area contributed by atoms with Gasteiger partial charge in [-0.15, -0.1) is 6.58 Å². The second kappa shape index (κ2) is 4.87. The first-order chi connectivity index (χ1) is 6.18. The Balaban J connectivity index is 2.37. The second-order valence-electron chi connectivity index (χ2n) is 2.87. The van der Waals surface area contributed by atoms with Gasteiger partial charge in [-0.25, -0.2) is 4.98 Å². The normalized spacial score (nSPS) is 9.69. The van der Waals surface area contributed by atoms with E-state index in [0.29, 0.717) is 17.5 Å². The molecule has 0 aromatic carbocycles. The molecule has 0 radical (unpaired) electrons. The van der Waals surface area contributed by atoms with Gasteiger partial charge in [0.2, 0.25) is 5.88 Å². The Bertz CT molecular complexity index is 281. The van der Waals surface area contributed by atoms with E-state index in [-0.39, 0.29) is 0 Å². The molecule has 0 N–H and O–H groups in total. The molecule has 0 atom stereocenters.